The van der Waals surface area contributed by atoms with Crippen molar-refractivity contribution >= 4 is 5.71 Å². The monoisotopic (exact) mass is 275 g/mol. The number of aliphatic imine (C=N–C) groups is 1. The number of phenols is 1. The van der Waals surface area contributed by atoms with Gasteiger partial charge in [0.1, 0.15) is 5.76 Å². The van der Waals surface area contributed by atoms with Crippen LogP contribution in [-0.4, -0.2) is 10.8 Å². The second-order valence-corrected chi connectivity index (χ2v) is 6.59. The van der Waals surface area contributed by atoms with Crippen LogP contribution in [-0.2, 0) is 11.8 Å². The lowest BCUT2D eigenvalue weighted by atomic mass is 9.46. The molecule has 0 aromatic heterocycles. The minimum Gasteiger partial charge on any atom is -0.504 e. The zero-order valence-corrected chi connectivity index (χ0v) is 11.4. The Balaban J connectivity index is 1.88. The lowest BCUT2D eigenvalue weighted by Gasteiger charge is -2.55. The van der Waals surface area contributed by atoms with E-state index in [1.807, 2.05) is 12.3 Å². The molecule has 102 valence electrons. The van der Waals surface area contributed by atoms with Crippen LogP contribution in [0, 0.1) is 5.41 Å². The molecular formula is C18H13NO2. The van der Waals surface area contributed by atoms with Gasteiger partial charge in [-0.05, 0) is 36.1 Å². The third-order valence-corrected chi connectivity index (χ3v) is 5.96. The fourth-order valence-electron chi connectivity index (χ4n) is 5.11. The average molecular weight is 275 g/mol. The van der Waals surface area contributed by atoms with Crippen molar-refractivity contribution in [2.75, 3.05) is 0 Å². The van der Waals surface area contributed by atoms with E-state index in [9.17, 15) is 5.11 Å². The SMILES string of the molecule is Oc1ccc2c3c1OC1=C4C=CC5(CC4)C(=NC=CC135)C2. The van der Waals surface area contributed by atoms with Gasteiger partial charge in [-0.25, -0.2) is 0 Å². The highest BCUT2D eigenvalue weighted by Crippen LogP contribution is 2.69. The third-order valence-electron chi connectivity index (χ3n) is 5.96. The fraction of sp³-hybridized carbons (Fsp3) is 0.278. The zero-order valence-electron chi connectivity index (χ0n) is 11.4. The molecule has 1 N–H and O–H groups in total. The molecule has 2 aliphatic heterocycles. The number of hydrogen-bond donors (Lipinski definition) is 1. The van der Waals surface area contributed by atoms with Crippen molar-refractivity contribution in [2.45, 2.75) is 24.7 Å². The summed E-state index contributed by atoms with van der Waals surface area (Å²) in [6.07, 6.45) is 11.6. The minimum absolute atomic E-state index is 0.0785. The van der Waals surface area contributed by atoms with Crippen LogP contribution < -0.4 is 4.74 Å². The number of fused-ring (bicyclic) bond motifs is 1. The molecule has 4 aliphatic carbocycles. The highest BCUT2D eigenvalue weighted by atomic mass is 16.5. The maximum absolute atomic E-state index is 10.3. The molecule has 1 aromatic carbocycles. The van der Waals surface area contributed by atoms with Crippen LogP contribution in [0.5, 0.6) is 11.5 Å². The molecule has 0 saturated heterocycles. The number of allylic oxidation sites excluding steroid dienone is 4. The Morgan fingerprint density at radius 1 is 1.24 bits per heavy atom. The maximum Gasteiger partial charge on any atom is 0.173 e. The van der Waals surface area contributed by atoms with Crippen LogP contribution in [0.2, 0.25) is 0 Å². The molecule has 0 radical (unpaired) electrons. The first-order valence-corrected chi connectivity index (χ1v) is 7.47. The summed E-state index contributed by atoms with van der Waals surface area (Å²) in [4.78, 5) is 4.72. The summed E-state index contributed by atoms with van der Waals surface area (Å²) in [5, 5.41) is 10.3. The van der Waals surface area contributed by atoms with E-state index in [1.54, 1.807) is 6.07 Å². The summed E-state index contributed by atoms with van der Waals surface area (Å²) in [5.74, 6) is 1.94. The first-order valence-electron chi connectivity index (χ1n) is 7.47. The second kappa shape index (κ2) is 2.84. The van der Waals surface area contributed by atoms with Gasteiger partial charge in [0.05, 0.1) is 5.41 Å². The summed E-state index contributed by atoms with van der Waals surface area (Å²) in [7, 11) is 0. The first-order chi connectivity index (χ1) is 10.3. The van der Waals surface area contributed by atoms with E-state index in [-0.39, 0.29) is 16.6 Å². The summed E-state index contributed by atoms with van der Waals surface area (Å²) < 4.78 is 6.21. The average Bonchev–Trinajstić information content (AvgIpc) is 2.86. The van der Waals surface area contributed by atoms with Gasteiger partial charge >= 0.3 is 0 Å². The van der Waals surface area contributed by atoms with Gasteiger partial charge in [-0.1, -0.05) is 18.2 Å². The van der Waals surface area contributed by atoms with E-state index < -0.39 is 0 Å². The smallest absolute Gasteiger partial charge is 0.173 e. The lowest BCUT2D eigenvalue weighted by molar-refractivity contribution is 0.244. The molecule has 2 atom stereocenters. The number of phenolic OH excluding ortho intramolecular Hbond substituents is 1. The standard InChI is InChI=1S/C18H13NO2/c20-12-2-1-11-9-13-17-5-3-10(4-6-17)16-18(17,7-8-19-13)14(11)15(12)21-16/h1-3,5,7-8,20H,4,6,9H2. The Labute approximate surface area is 122 Å². The quantitative estimate of drug-likeness (QED) is 0.790. The normalized spacial score (nSPS) is 35.7. The summed E-state index contributed by atoms with van der Waals surface area (Å²) >= 11 is 0. The number of rotatable bonds is 0. The third kappa shape index (κ3) is 0.827. The van der Waals surface area contributed by atoms with Crippen molar-refractivity contribution in [3.8, 4) is 11.5 Å². The number of nitrogens with zero attached hydrogens (tertiary/aromatic N) is 1. The van der Waals surface area contributed by atoms with Crippen LogP contribution >= 0.6 is 0 Å². The molecule has 1 aromatic rings. The van der Waals surface area contributed by atoms with Crippen molar-refractivity contribution in [2.24, 2.45) is 10.4 Å². The molecule has 0 amide bonds. The molecular weight excluding hydrogens is 262 g/mol. The van der Waals surface area contributed by atoms with Crippen LogP contribution in [0.25, 0.3) is 0 Å². The van der Waals surface area contributed by atoms with Crippen LogP contribution in [0.3, 0.4) is 0 Å². The van der Waals surface area contributed by atoms with Crippen LogP contribution in [0.1, 0.15) is 24.0 Å². The van der Waals surface area contributed by atoms with Gasteiger partial charge in [0.15, 0.2) is 11.5 Å². The molecule has 3 nitrogen and oxygen atoms in total. The van der Waals surface area contributed by atoms with Crippen LogP contribution in [0.15, 0.2) is 52.9 Å². The molecule has 2 heterocycles. The molecule has 4 bridgehead atoms. The lowest BCUT2D eigenvalue weighted by Crippen LogP contribution is -2.57. The van der Waals surface area contributed by atoms with Gasteiger partial charge in [0, 0.05) is 29.3 Å². The molecule has 6 aliphatic rings. The predicted molar refractivity (Wildman–Crippen MR) is 78.5 cm³/mol. The summed E-state index contributed by atoms with van der Waals surface area (Å²) in [5.41, 5.74) is 4.60. The highest BCUT2D eigenvalue weighted by molar-refractivity contribution is 6.02. The van der Waals surface area contributed by atoms with Gasteiger partial charge < -0.3 is 9.84 Å². The molecule has 3 heteroatoms. The van der Waals surface area contributed by atoms with E-state index in [2.05, 4.69) is 18.2 Å². The van der Waals surface area contributed by atoms with Gasteiger partial charge in [0.25, 0.3) is 0 Å². The predicted octanol–water partition coefficient (Wildman–Crippen LogP) is 3.15. The summed E-state index contributed by atoms with van der Waals surface area (Å²) in [6.45, 7) is 0. The Morgan fingerprint density at radius 3 is 3.05 bits per heavy atom. The zero-order chi connectivity index (χ0) is 13.8. The van der Waals surface area contributed by atoms with Crippen molar-refractivity contribution < 1.29 is 9.84 Å². The van der Waals surface area contributed by atoms with E-state index >= 15 is 0 Å². The maximum atomic E-state index is 10.3. The van der Waals surface area contributed by atoms with Crippen molar-refractivity contribution in [3.63, 3.8) is 0 Å². The number of benzene rings is 1. The van der Waals surface area contributed by atoms with E-state index in [4.69, 9.17) is 9.73 Å². The largest absolute Gasteiger partial charge is 0.504 e. The molecule has 2 spiro atoms. The Hall–Kier alpha value is -2.29. The van der Waals surface area contributed by atoms with Crippen molar-refractivity contribution in [3.05, 3.63) is 59.0 Å². The van der Waals surface area contributed by atoms with E-state index in [0.29, 0.717) is 5.75 Å². The molecule has 2 unspecified atom stereocenters. The van der Waals surface area contributed by atoms with Crippen molar-refractivity contribution in [1.29, 1.82) is 0 Å². The van der Waals surface area contributed by atoms with Gasteiger partial charge in [-0.15, -0.1) is 0 Å². The van der Waals surface area contributed by atoms with Crippen molar-refractivity contribution in [1.82, 2.24) is 0 Å². The molecule has 0 saturated carbocycles. The Kier molecular flexibility index (Phi) is 1.41. The van der Waals surface area contributed by atoms with Crippen LogP contribution in [0.4, 0.5) is 0 Å². The highest BCUT2D eigenvalue weighted by Gasteiger charge is 2.67. The summed E-state index contributed by atoms with van der Waals surface area (Å²) in [6, 6.07) is 3.78. The fourth-order valence-corrected chi connectivity index (χ4v) is 5.11. The second-order valence-electron chi connectivity index (χ2n) is 6.59. The number of hydrogen-bond acceptors (Lipinski definition) is 3. The van der Waals surface area contributed by atoms with Gasteiger partial charge in [-0.2, -0.15) is 0 Å². The van der Waals surface area contributed by atoms with E-state index in [1.165, 1.54) is 22.4 Å². The van der Waals surface area contributed by atoms with E-state index in [0.717, 1.165) is 25.0 Å². The van der Waals surface area contributed by atoms with Gasteiger partial charge in [-0.3, -0.25) is 4.99 Å². The van der Waals surface area contributed by atoms with Gasteiger partial charge in [0.2, 0.25) is 0 Å². The number of ether oxygens (including phenoxy) is 1. The number of aromatic hydroxyl groups is 1. The molecule has 0 fully saturated rings. The first kappa shape index (κ1) is 10.4. The Morgan fingerprint density at radius 2 is 2.19 bits per heavy atom. The molecule has 7 rings (SSSR count). The Bertz CT molecular complexity index is 873. The minimum atomic E-state index is -0.256. The topological polar surface area (TPSA) is 41.8 Å². The molecule has 21 heavy (non-hydrogen) atoms.